The first kappa shape index (κ1) is 37.6. The molecule has 1 saturated carbocycles. The molecule has 2 atom stereocenters. The highest BCUT2D eigenvalue weighted by Crippen LogP contribution is 2.39. The molecule has 0 amide bonds. The van der Waals surface area contributed by atoms with Crippen molar-refractivity contribution in [3.8, 4) is 45.3 Å². The van der Waals surface area contributed by atoms with Crippen LogP contribution in [-0.4, -0.2) is 30.1 Å². The fourth-order valence-corrected chi connectivity index (χ4v) is 7.32. The van der Waals surface area contributed by atoms with Crippen LogP contribution >= 0.6 is 0 Å². The largest absolute Gasteiger partial charge is 0.507 e. The van der Waals surface area contributed by atoms with Crippen molar-refractivity contribution in [2.24, 2.45) is 0 Å². The van der Waals surface area contributed by atoms with Gasteiger partial charge in [-0.25, -0.2) is 0 Å². The van der Waals surface area contributed by atoms with Crippen molar-refractivity contribution in [1.29, 1.82) is 0 Å². The van der Waals surface area contributed by atoms with Gasteiger partial charge in [0, 0.05) is 58.6 Å². The Morgan fingerprint density at radius 2 is 1.00 bits per heavy atom. The predicted molar refractivity (Wildman–Crippen MR) is 224 cm³/mol. The van der Waals surface area contributed by atoms with Gasteiger partial charge in [-0.15, -0.1) is 0 Å². The maximum absolute atomic E-state index is 11.6. The van der Waals surface area contributed by atoms with Crippen molar-refractivity contribution in [1.82, 2.24) is 10.6 Å². The molecule has 1 aliphatic carbocycles. The molecule has 7 rings (SSSR count). The van der Waals surface area contributed by atoms with Crippen LogP contribution in [0.25, 0.3) is 28.3 Å². The van der Waals surface area contributed by atoms with Crippen molar-refractivity contribution in [3.63, 3.8) is 0 Å². The normalized spacial score (nSPS) is 15.3. The van der Waals surface area contributed by atoms with Crippen LogP contribution in [0.2, 0.25) is 0 Å². The van der Waals surface area contributed by atoms with E-state index in [1.165, 1.54) is 0 Å². The molecule has 6 aromatic carbocycles. The molecule has 0 heterocycles. The minimum absolute atomic E-state index is 0.201. The van der Waals surface area contributed by atoms with E-state index in [0.717, 1.165) is 75.8 Å². The number of hydrogen-bond acceptors (Lipinski definition) is 6. The molecule has 55 heavy (non-hydrogen) atoms. The second-order valence-electron chi connectivity index (χ2n) is 14.1. The first-order valence-electron chi connectivity index (χ1n) is 19.1. The molecule has 2 radical (unpaired) electrons. The summed E-state index contributed by atoms with van der Waals surface area (Å²) in [5.74, 6) is 1.92. The van der Waals surface area contributed by atoms with Crippen LogP contribution in [0.3, 0.4) is 0 Å². The Labute approximate surface area is 325 Å². The molecule has 0 aromatic heterocycles. The number of hydrogen-bond donors (Lipinski definition) is 4. The van der Waals surface area contributed by atoms with Crippen molar-refractivity contribution in [3.05, 3.63) is 168 Å². The molecule has 0 bridgehead atoms. The predicted octanol–water partition coefficient (Wildman–Crippen LogP) is 9.22. The fourth-order valence-electron chi connectivity index (χ4n) is 7.32. The van der Waals surface area contributed by atoms with Crippen LogP contribution in [0.5, 0.6) is 23.0 Å². The van der Waals surface area contributed by atoms with Crippen molar-refractivity contribution in [2.45, 2.75) is 64.1 Å². The van der Waals surface area contributed by atoms with Gasteiger partial charge >= 0.3 is 0 Å². The molecule has 0 aliphatic heterocycles. The van der Waals surface area contributed by atoms with Gasteiger partial charge in [-0.05, 0) is 41.7 Å². The van der Waals surface area contributed by atoms with E-state index in [4.69, 9.17) is 17.3 Å². The molecule has 6 aromatic rings. The Balaban J connectivity index is 1.00. The smallest absolute Gasteiger partial charge is 0.128 e. The van der Waals surface area contributed by atoms with Crippen LogP contribution in [0.15, 0.2) is 140 Å². The van der Waals surface area contributed by atoms with Gasteiger partial charge in [0.05, 0.1) is 0 Å². The third-order valence-corrected chi connectivity index (χ3v) is 10.5. The van der Waals surface area contributed by atoms with Crippen LogP contribution in [0, 0.1) is 0 Å². The Kier molecular flexibility index (Phi) is 12.3. The van der Waals surface area contributed by atoms with Gasteiger partial charge in [0.1, 0.15) is 44.1 Å². The van der Waals surface area contributed by atoms with Gasteiger partial charge in [0.25, 0.3) is 0 Å². The lowest BCUT2D eigenvalue weighted by atomic mass is 9.89. The Morgan fingerprint density at radius 3 is 1.47 bits per heavy atom. The quantitative estimate of drug-likeness (QED) is 0.0791. The summed E-state index contributed by atoms with van der Waals surface area (Å²) in [6.45, 7) is 5.69. The summed E-state index contributed by atoms with van der Waals surface area (Å²) in [6, 6.07) is 43.6. The summed E-state index contributed by atoms with van der Waals surface area (Å²) in [7, 11) is 5.85. The number of nitrogens with one attached hydrogen (secondary N) is 2. The number of phenols is 2. The first-order valence-corrected chi connectivity index (χ1v) is 19.1. The van der Waals surface area contributed by atoms with E-state index < -0.39 is 0 Å². The van der Waals surface area contributed by atoms with Gasteiger partial charge in [-0.2, -0.15) is 0 Å². The summed E-state index contributed by atoms with van der Waals surface area (Å²) in [6.07, 6.45) is 6.14. The molecule has 1 aliphatic rings. The average molecular weight is 727 g/mol. The molecular formula is C48H47BN2O4. The van der Waals surface area contributed by atoms with Crippen LogP contribution in [0.4, 0.5) is 0 Å². The van der Waals surface area contributed by atoms with Crippen molar-refractivity contribution < 1.29 is 19.7 Å². The van der Waals surface area contributed by atoms with Gasteiger partial charge in [-0.3, -0.25) is 0 Å². The van der Waals surface area contributed by atoms with E-state index in [-0.39, 0.29) is 23.6 Å². The van der Waals surface area contributed by atoms with Crippen LogP contribution < -0.4 is 25.6 Å². The zero-order valence-corrected chi connectivity index (χ0v) is 31.1. The molecule has 0 saturated heterocycles. The highest BCUT2D eigenvalue weighted by Gasteiger charge is 2.25. The standard InChI is InChI=1S/C48H47BN2O4/c1-2-33-21-23-34(24-22-33)31-54-45-19-7-3-13-39(45)41-15-9-11-36(47(41)52)29-50-43-17-5-6-18-44(43)51-30-37-12-10-16-42(48(37)53)40-14-4-8-20-46(40)55-32-35-25-27-38(49)28-26-35/h2-4,7-16,19-28,43-44,50-53H,1,5-6,17-18,29-32H2/t43-,44?/m0/s1. The molecule has 6 nitrogen and oxygen atoms in total. The van der Waals surface area contributed by atoms with Gasteiger partial charge in [0.2, 0.25) is 0 Å². The van der Waals surface area contributed by atoms with E-state index in [1.807, 2.05) is 140 Å². The second-order valence-corrected chi connectivity index (χ2v) is 14.1. The zero-order chi connectivity index (χ0) is 38.0. The third kappa shape index (κ3) is 9.31. The van der Waals surface area contributed by atoms with Crippen molar-refractivity contribution >= 4 is 19.4 Å². The van der Waals surface area contributed by atoms with Crippen molar-refractivity contribution in [2.75, 3.05) is 0 Å². The lowest BCUT2D eigenvalue weighted by Gasteiger charge is -2.33. The second kappa shape index (κ2) is 18.0. The van der Waals surface area contributed by atoms with Gasteiger partial charge in [0.15, 0.2) is 0 Å². The number of ether oxygens (including phenoxy) is 2. The maximum atomic E-state index is 11.6. The van der Waals surface area contributed by atoms with E-state index in [9.17, 15) is 10.2 Å². The van der Waals surface area contributed by atoms with E-state index in [2.05, 4.69) is 17.2 Å². The van der Waals surface area contributed by atoms with Gasteiger partial charge < -0.3 is 30.3 Å². The Hall–Kier alpha value is -5.76. The molecular weight excluding hydrogens is 679 g/mol. The molecule has 1 fully saturated rings. The highest BCUT2D eigenvalue weighted by atomic mass is 16.5. The van der Waals surface area contributed by atoms with Crippen LogP contribution in [0.1, 0.15) is 53.5 Å². The number of aromatic hydroxyl groups is 2. The molecule has 276 valence electrons. The zero-order valence-electron chi connectivity index (χ0n) is 31.1. The first-order chi connectivity index (χ1) is 27.0. The molecule has 0 spiro atoms. The van der Waals surface area contributed by atoms with E-state index in [1.54, 1.807) is 0 Å². The highest BCUT2D eigenvalue weighted by molar-refractivity contribution is 6.32. The van der Waals surface area contributed by atoms with Gasteiger partial charge in [-0.1, -0.05) is 152 Å². The number of para-hydroxylation sites is 4. The summed E-state index contributed by atoms with van der Waals surface area (Å²) in [5, 5.41) is 30.6. The minimum atomic E-state index is 0.201. The maximum Gasteiger partial charge on any atom is 0.128 e. The Bertz CT molecular complexity index is 2200. The SMILES string of the molecule is [B]c1ccc(COc2ccccc2-c2cccc(CNC3CCCC[C@@H]3NCc3cccc(-c4ccccc4OCc4ccc(C=C)cc4)c3O)c2O)cc1. The number of phenolic OH excluding ortho intramolecular Hbond substituents is 2. The van der Waals surface area contributed by atoms with Crippen LogP contribution in [-0.2, 0) is 26.3 Å². The Morgan fingerprint density at radius 1 is 0.564 bits per heavy atom. The summed E-state index contributed by atoms with van der Waals surface area (Å²) in [4.78, 5) is 0. The monoisotopic (exact) mass is 726 g/mol. The molecule has 1 unspecified atom stereocenters. The lowest BCUT2D eigenvalue weighted by Crippen LogP contribution is -2.49. The fraction of sp³-hybridized carbons (Fsp3) is 0.208. The summed E-state index contributed by atoms with van der Waals surface area (Å²) < 4.78 is 12.5. The summed E-state index contributed by atoms with van der Waals surface area (Å²) in [5.41, 5.74) is 8.67. The third-order valence-electron chi connectivity index (χ3n) is 10.5. The average Bonchev–Trinajstić information content (AvgIpc) is 3.23. The lowest BCUT2D eigenvalue weighted by molar-refractivity contribution is 0.279. The number of rotatable bonds is 15. The molecule has 7 heteroatoms. The number of benzene rings is 6. The topological polar surface area (TPSA) is 83.0 Å². The van der Waals surface area contributed by atoms with E-state index >= 15 is 0 Å². The van der Waals surface area contributed by atoms with E-state index in [0.29, 0.717) is 43.3 Å². The molecule has 4 N–H and O–H groups in total. The minimum Gasteiger partial charge on any atom is -0.507 e. The summed E-state index contributed by atoms with van der Waals surface area (Å²) >= 11 is 0.